The van der Waals surface area contributed by atoms with Gasteiger partial charge in [-0.15, -0.1) is 16.9 Å². The Labute approximate surface area is 159 Å². The van der Waals surface area contributed by atoms with Crippen LogP contribution in [0.5, 0.6) is 0 Å². The van der Waals surface area contributed by atoms with Crippen LogP contribution in [-0.2, 0) is 10.5 Å². The summed E-state index contributed by atoms with van der Waals surface area (Å²) in [6.07, 6.45) is 0. The van der Waals surface area contributed by atoms with Gasteiger partial charge in [0.25, 0.3) is 5.69 Å². The molecule has 138 valence electrons. The van der Waals surface area contributed by atoms with Crippen molar-refractivity contribution in [3.05, 3.63) is 69.9 Å². The van der Waals surface area contributed by atoms with Gasteiger partial charge in [-0.25, -0.2) is 4.79 Å². The van der Waals surface area contributed by atoms with E-state index in [9.17, 15) is 14.9 Å². The first kappa shape index (κ1) is 18.6. The molecule has 0 saturated heterocycles. The van der Waals surface area contributed by atoms with Crippen molar-refractivity contribution in [2.24, 2.45) is 0 Å². The van der Waals surface area contributed by atoms with Crippen LogP contribution in [0.15, 0.2) is 53.4 Å². The van der Waals surface area contributed by atoms with Crippen LogP contribution in [-0.4, -0.2) is 32.9 Å². The topological polar surface area (TPSA) is 111 Å². The third kappa shape index (κ3) is 4.32. The Hall–Kier alpha value is -3.20. The molecule has 0 aliphatic carbocycles. The molecule has 9 heteroatoms. The lowest BCUT2D eigenvalue weighted by molar-refractivity contribution is -0.384. The number of hydrogen-bond donors (Lipinski definition) is 1. The van der Waals surface area contributed by atoms with E-state index in [0.717, 1.165) is 10.5 Å². The van der Waals surface area contributed by atoms with Gasteiger partial charge < -0.3 is 4.74 Å². The average Bonchev–Trinajstić information content (AvgIpc) is 3.17. The fourth-order valence-electron chi connectivity index (χ4n) is 2.44. The first-order valence-electron chi connectivity index (χ1n) is 8.13. The summed E-state index contributed by atoms with van der Waals surface area (Å²) < 4.78 is 4.99. The second kappa shape index (κ2) is 8.45. The fourth-order valence-corrected chi connectivity index (χ4v) is 3.43. The Morgan fingerprint density at radius 3 is 2.70 bits per heavy atom. The molecule has 0 fully saturated rings. The molecule has 0 amide bonds. The predicted octanol–water partition coefficient (Wildman–Crippen LogP) is 3.85. The fraction of sp³-hybridized carbons (Fsp3) is 0.167. The van der Waals surface area contributed by atoms with Gasteiger partial charge >= 0.3 is 5.97 Å². The quantitative estimate of drug-likeness (QED) is 0.285. The maximum Gasteiger partial charge on any atom is 0.361 e. The van der Waals surface area contributed by atoms with Crippen LogP contribution in [0.3, 0.4) is 0 Å². The average molecular weight is 384 g/mol. The number of nitrogens with one attached hydrogen (secondary N) is 1. The molecule has 8 nitrogen and oxygen atoms in total. The lowest BCUT2D eigenvalue weighted by Crippen LogP contribution is -2.07. The Kier molecular flexibility index (Phi) is 5.82. The summed E-state index contributed by atoms with van der Waals surface area (Å²) in [7, 11) is 0. The van der Waals surface area contributed by atoms with Crippen molar-refractivity contribution >= 4 is 23.4 Å². The molecule has 3 rings (SSSR count). The number of ether oxygens (including phenoxy) is 1. The number of hydrogen-bond acceptors (Lipinski definition) is 7. The molecular formula is C18H16N4O4S. The molecule has 27 heavy (non-hydrogen) atoms. The minimum atomic E-state index is -0.633. The van der Waals surface area contributed by atoms with E-state index in [4.69, 9.17) is 4.74 Å². The number of aromatic amines is 1. The number of nitro groups is 1. The molecule has 3 aromatic rings. The van der Waals surface area contributed by atoms with Gasteiger partial charge in [-0.05, 0) is 18.6 Å². The van der Waals surface area contributed by atoms with E-state index < -0.39 is 10.9 Å². The highest BCUT2D eigenvalue weighted by Gasteiger charge is 2.23. The molecule has 1 aromatic heterocycles. The number of nitrogens with zero attached hydrogens (tertiary/aromatic N) is 3. The molecule has 0 saturated carbocycles. The lowest BCUT2D eigenvalue weighted by atomic mass is 10.1. The maximum absolute atomic E-state index is 12.1. The van der Waals surface area contributed by atoms with E-state index in [1.165, 1.54) is 23.9 Å². The van der Waals surface area contributed by atoms with Crippen molar-refractivity contribution in [2.75, 3.05) is 6.61 Å². The second-order valence-electron chi connectivity index (χ2n) is 5.45. The van der Waals surface area contributed by atoms with Gasteiger partial charge in [0.1, 0.15) is 5.69 Å². The number of carbonyl (C=O) groups excluding carboxylic acids is 1. The van der Waals surface area contributed by atoms with Gasteiger partial charge in [0.2, 0.25) is 0 Å². The first-order valence-corrected chi connectivity index (χ1v) is 9.12. The molecule has 0 radical (unpaired) electrons. The molecule has 1 N–H and O–H groups in total. The SMILES string of the molecule is CCOC(=O)c1n[nH]nc1-c1cc([N+](=O)[O-])ccc1SCc1ccccc1. The van der Waals surface area contributed by atoms with Crippen molar-refractivity contribution in [3.63, 3.8) is 0 Å². The van der Waals surface area contributed by atoms with Gasteiger partial charge in [0.05, 0.1) is 11.5 Å². The highest BCUT2D eigenvalue weighted by atomic mass is 32.2. The predicted molar refractivity (Wildman–Crippen MR) is 100 cm³/mol. The van der Waals surface area contributed by atoms with Crippen molar-refractivity contribution in [1.29, 1.82) is 0 Å². The number of thioether (sulfide) groups is 1. The van der Waals surface area contributed by atoms with Gasteiger partial charge in [0, 0.05) is 28.3 Å². The van der Waals surface area contributed by atoms with E-state index in [0.29, 0.717) is 11.3 Å². The smallest absolute Gasteiger partial charge is 0.361 e. The minimum absolute atomic E-state index is 0.00101. The molecule has 0 aliphatic heterocycles. The Balaban J connectivity index is 1.99. The number of H-pyrrole nitrogens is 1. The third-order valence-electron chi connectivity index (χ3n) is 3.68. The lowest BCUT2D eigenvalue weighted by Gasteiger charge is -2.09. The minimum Gasteiger partial charge on any atom is -0.461 e. The summed E-state index contributed by atoms with van der Waals surface area (Å²) in [6.45, 7) is 1.88. The molecule has 0 unspecified atom stereocenters. The van der Waals surface area contributed by atoms with E-state index in [1.807, 2.05) is 30.3 Å². The number of aromatic nitrogens is 3. The number of rotatable bonds is 7. The monoisotopic (exact) mass is 384 g/mol. The van der Waals surface area contributed by atoms with Crippen molar-refractivity contribution in [3.8, 4) is 11.3 Å². The zero-order valence-corrected chi connectivity index (χ0v) is 15.2. The van der Waals surface area contributed by atoms with Crippen LogP contribution < -0.4 is 0 Å². The van der Waals surface area contributed by atoms with Gasteiger partial charge in [-0.3, -0.25) is 10.1 Å². The molecule has 1 heterocycles. The van der Waals surface area contributed by atoms with Crippen LogP contribution in [0, 0.1) is 10.1 Å². The van der Waals surface area contributed by atoms with Crippen molar-refractivity contribution in [2.45, 2.75) is 17.6 Å². The molecule has 0 spiro atoms. The normalized spacial score (nSPS) is 10.6. The van der Waals surface area contributed by atoms with Crippen molar-refractivity contribution < 1.29 is 14.5 Å². The van der Waals surface area contributed by atoms with E-state index in [2.05, 4.69) is 15.4 Å². The second-order valence-corrected chi connectivity index (χ2v) is 6.47. The molecule has 0 aliphatic rings. The number of nitro benzene ring substituents is 1. The van der Waals surface area contributed by atoms with Crippen molar-refractivity contribution in [1.82, 2.24) is 15.4 Å². The summed E-state index contributed by atoms with van der Waals surface area (Å²) in [4.78, 5) is 23.6. The first-order chi connectivity index (χ1) is 13.1. The van der Waals surface area contributed by atoms with E-state index in [-0.39, 0.29) is 23.7 Å². The molecule has 2 aromatic carbocycles. The summed E-state index contributed by atoms with van der Waals surface area (Å²) >= 11 is 1.50. The number of carbonyl (C=O) groups is 1. The number of esters is 1. The Morgan fingerprint density at radius 2 is 2.00 bits per heavy atom. The molecular weight excluding hydrogens is 368 g/mol. The zero-order chi connectivity index (χ0) is 19.2. The Bertz CT molecular complexity index is 959. The summed E-state index contributed by atoms with van der Waals surface area (Å²) in [5.74, 6) is 0.0323. The summed E-state index contributed by atoms with van der Waals surface area (Å²) in [5, 5.41) is 21.5. The highest BCUT2D eigenvalue weighted by molar-refractivity contribution is 7.98. The number of non-ortho nitro benzene ring substituents is 1. The Morgan fingerprint density at radius 1 is 1.22 bits per heavy atom. The van der Waals surface area contributed by atoms with Gasteiger partial charge in [-0.1, -0.05) is 30.3 Å². The van der Waals surface area contributed by atoms with Crippen LogP contribution in [0.4, 0.5) is 5.69 Å². The highest BCUT2D eigenvalue weighted by Crippen LogP contribution is 2.36. The van der Waals surface area contributed by atoms with Crippen LogP contribution >= 0.6 is 11.8 Å². The summed E-state index contributed by atoms with van der Waals surface area (Å²) in [6, 6.07) is 14.3. The molecule has 0 atom stereocenters. The van der Waals surface area contributed by atoms with Crippen LogP contribution in [0.25, 0.3) is 11.3 Å². The third-order valence-corrected chi connectivity index (χ3v) is 4.83. The number of benzene rings is 2. The zero-order valence-electron chi connectivity index (χ0n) is 14.4. The standard InChI is InChI=1S/C18H16N4O4S/c1-2-26-18(23)17-16(19-21-20-17)14-10-13(22(24)25)8-9-15(14)27-11-12-6-4-3-5-7-12/h3-10H,2,11H2,1H3,(H,19,20,21). The van der Waals surface area contributed by atoms with Gasteiger partial charge in [-0.2, -0.15) is 10.3 Å². The van der Waals surface area contributed by atoms with E-state index >= 15 is 0 Å². The van der Waals surface area contributed by atoms with E-state index in [1.54, 1.807) is 13.0 Å². The maximum atomic E-state index is 12.1. The van der Waals surface area contributed by atoms with Gasteiger partial charge in [0.15, 0.2) is 5.69 Å². The summed E-state index contributed by atoms with van der Waals surface area (Å²) in [5.41, 5.74) is 1.71. The molecule has 0 bridgehead atoms. The largest absolute Gasteiger partial charge is 0.461 e. The van der Waals surface area contributed by atoms with Crippen LogP contribution in [0.2, 0.25) is 0 Å². The van der Waals surface area contributed by atoms with Crippen LogP contribution in [0.1, 0.15) is 23.0 Å².